The zero-order chi connectivity index (χ0) is 10.9. The Morgan fingerprint density at radius 1 is 1.13 bits per heavy atom. The molecule has 1 saturated heterocycles. The molecule has 0 saturated carbocycles. The Morgan fingerprint density at radius 3 is 2.07 bits per heavy atom. The molecule has 4 N–H and O–H groups in total. The number of hydrogen-bond donors (Lipinski definition) is 3. The largest absolute Gasteiger partial charge is 0.399 e. The maximum atomic E-state index is 8.36. The second-order valence-corrected chi connectivity index (χ2v) is 3.24. The third-order valence-corrected chi connectivity index (χ3v) is 1.97. The van der Waals surface area contributed by atoms with Gasteiger partial charge in [0.1, 0.15) is 0 Å². The Hall–Kier alpha value is -1.57. The lowest BCUT2D eigenvalue weighted by Gasteiger charge is -2.11. The first-order valence-corrected chi connectivity index (χ1v) is 5.00. The zero-order valence-electron chi connectivity index (χ0n) is 8.66. The lowest BCUT2D eigenvalue weighted by molar-refractivity contribution is 0.534. The van der Waals surface area contributed by atoms with Gasteiger partial charge < -0.3 is 16.4 Å². The fraction of sp³-hybridized carbons (Fsp3) is 0.364. The number of nitriles is 1. The van der Waals surface area contributed by atoms with Crippen molar-refractivity contribution in [3.8, 4) is 6.07 Å². The average molecular weight is 204 g/mol. The van der Waals surface area contributed by atoms with E-state index in [9.17, 15) is 0 Å². The summed E-state index contributed by atoms with van der Waals surface area (Å²) in [7, 11) is 0. The van der Waals surface area contributed by atoms with Gasteiger partial charge in [-0.25, -0.2) is 0 Å². The smallest absolute Gasteiger partial charge is 0.0992 e. The first-order chi connectivity index (χ1) is 7.33. The van der Waals surface area contributed by atoms with Crippen LogP contribution < -0.4 is 16.4 Å². The number of piperazine rings is 1. The molecule has 0 atom stereocenters. The monoisotopic (exact) mass is 204 g/mol. The quantitative estimate of drug-likeness (QED) is 0.532. The van der Waals surface area contributed by atoms with E-state index in [0.29, 0.717) is 11.3 Å². The van der Waals surface area contributed by atoms with Crippen LogP contribution in [0.5, 0.6) is 0 Å². The van der Waals surface area contributed by atoms with Crippen LogP contribution in [0.4, 0.5) is 5.69 Å². The van der Waals surface area contributed by atoms with Gasteiger partial charge in [0, 0.05) is 31.9 Å². The molecule has 0 spiro atoms. The minimum Gasteiger partial charge on any atom is -0.399 e. The van der Waals surface area contributed by atoms with Crippen molar-refractivity contribution in [2.75, 3.05) is 31.9 Å². The summed E-state index contributed by atoms with van der Waals surface area (Å²) in [5, 5.41) is 14.8. The van der Waals surface area contributed by atoms with Gasteiger partial charge in [0.25, 0.3) is 0 Å². The van der Waals surface area contributed by atoms with Crippen molar-refractivity contribution in [3.63, 3.8) is 0 Å². The first kappa shape index (κ1) is 11.5. The topological polar surface area (TPSA) is 73.9 Å². The Labute approximate surface area is 90.1 Å². The standard InChI is InChI=1S/C7H6N2.C4H10N2/c8-5-6-2-1-3-7(9)4-6;1-2-6-4-3-5-1/h1-4H,9H2;5-6H,1-4H2. The summed E-state index contributed by atoms with van der Waals surface area (Å²) in [5.41, 5.74) is 6.62. The molecule has 0 aromatic heterocycles. The molecule has 0 amide bonds. The Morgan fingerprint density at radius 2 is 1.73 bits per heavy atom. The van der Waals surface area contributed by atoms with Crippen LogP contribution in [0.25, 0.3) is 0 Å². The Kier molecular flexibility index (Phi) is 5.23. The van der Waals surface area contributed by atoms with Gasteiger partial charge in [0.05, 0.1) is 11.6 Å². The van der Waals surface area contributed by atoms with Gasteiger partial charge in [0.15, 0.2) is 0 Å². The minimum atomic E-state index is 0.606. The molecule has 2 rings (SSSR count). The van der Waals surface area contributed by atoms with Crippen LogP contribution in [0.1, 0.15) is 5.56 Å². The molecule has 1 fully saturated rings. The van der Waals surface area contributed by atoms with Crippen LogP contribution in [-0.2, 0) is 0 Å². The summed E-state index contributed by atoms with van der Waals surface area (Å²) in [4.78, 5) is 0. The summed E-state index contributed by atoms with van der Waals surface area (Å²) in [5.74, 6) is 0. The van der Waals surface area contributed by atoms with Gasteiger partial charge in [-0.05, 0) is 18.2 Å². The summed E-state index contributed by atoms with van der Waals surface area (Å²) in [6, 6.07) is 8.85. The van der Waals surface area contributed by atoms with Crippen molar-refractivity contribution in [1.29, 1.82) is 5.26 Å². The van der Waals surface area contributed by atoms with E-state index in [1.807, 2.05) is 6.07 Å². The predicted octanol–water partition coefficient (Wildman–Crippen LogP) is 0.320. The molecule has 0 bridgehead atoms. The average Bonchev–Trinajstić information content (AvgIpc) is 2.32. The number of rotatable bonds is 0. The SMILES string of the molecule is C1CNCCN1.N#Cc1cccc(N)c1. The van der Waals surface area contributed by atoms with E-state index in [0.717, 1.165) is 26.2 Å². The molecular weight excluding hydrogens is 188 g/mol. The predicted molar refractivity (Wildman–Crippen MR) is 61.3 cm³/mol. The van der Waals surface area contributed by atoms with Crippen molar-refractivity contribution in [2.24, 2.45) is 0 Å². The molecule has 4 heteroatoms. The molecule has 0 aliphatic carbocycles. The highest BCUT2D eigenvalue weighted by atomic mass is 15.0. The van der Waals surface area contributed by atoms with Crippen LogP contribution in [0.15, 0.2) is 24.3 Å². The number of benzene rings is 1. The van der Waals surface area contributed by atoms with Crippen LogP contribution in [-0.4, -0.2) is 26.2 Å². The van der Waals surface area contributed by atoms with Crippen LogP contribution >= 0.6 is 0 Å². The molecule has 1 aliphatic heterocycles. The van der Waals surface area contributed by atoms with E-state index in [1.165, 1.54) is 0 Å². The fourth-order valence-electron chi connectivity index (χ4n) is 1.21. The van der Waals surface area contributed by atoms with E-state index >= 15 is 0 Å². The molecule has 1 aromatic rings. The van der Waals surface area contributed by atoms with Crippen molar-refractivity contribution in [2.45, 2.75) is 0 Å². The highest BCUT2D eigenvalue weighted by Gasteiger charge is 1.91. The van der Waals surface area contributed by atoms with E-state index in [1.54, 1.807) is 24.3 Å². The molecule has 1 heterocycles. The summed E-state index contributed by atoms with van der Waals surface area (Å²) in [6.45, 7) is 4.56. The third kappa shape index (κ3) is 5.01. The summed E-state index contributed by atoms with van der Waals surface area (Å²) >= 11 is 0. The molecule has 1 aromatic carbocycles. The lowest BCUT2D eigenvalue weighted by Crippen LogP contribution is -2.39. The van der Waals surface area contributed by atoms with E-state index < -0.39 is 0 Å². The van der Waals surface area contributed by atoms with E-state index in [2.05, 4.69) is 10.6 Å². The maximum Gasteiger partial charge on any atom is 0.0992 e. The Bertz CT molecular complexity index is 314. The lowest BCUT2D eigenvalue weighted by atomic mass is 10.2. The number of nitrogens with two attached hydrogens (primary N) is 1. The van der Waals surface area contributed by atoms with Crippen molar-refractivity contribution in [1.82, 2.24) is 10.6 Å². The van der Waals surface area contributed by atoms with Gasteiger partial charge in [-0.2, -0.15) is 5.26 Å². The molecule has 0 unspecified atom stereocenters. The van der Waals surface area contributed by atoms with Crippen LogP contribution in [0.3, 0.4) is 0 Å². The van der Waals surface area contributed by atoms with Crippen molar-refractivity contribution >= 4 is 5.69 Å². The van der Waals surface area contributed by atoms with E-state index in [-0.39, 0.29) is 0 Å². The van der Waals surface area contributed by atoms with Gasteiger partial charge in [0.2, 0.25) is 0 Å². The molecular formula is C11H16N4. The molecule has 80 valence electrons. The molecule has 4 nitrogen and oxygen atoms in total. The highest BCUT2D eigenvalue weighted by molar-refractivity contribution is 5.44. The number of anilines is 1. The fourth-order valence-corrected chi connectivity index (χ4v) is 1.21. The van der Waals surface area contributed by atoms with Crippen LogP contribution in [0.2, 0.25) is 0 Å². The van der Waals surface area contributed by atoms with Crippen LogP contribution in [0, 0.1) is 11.3 Å². The third-order valence-electron chi connectivity index (χ3n) is 1.97. The number of hydrogen-bond acceptors (Lipinski definition) is 4. The zero-order valence-corrected chi connectivity index (χ0v) is 8.66. The first-order valence-electron chi connectivity index (χ1n) is 5.00. The van der Waals surface area contributed by atoms with Gasteiger partial charge in [-0.1, -0.05) is 6.07 Å². The summed E-state index contributed by atoms with van der Waals surface area (Å²) < 4.78 is 0. The van der Waals surface area contributed by atoms with Gasteiger partial charge in [-0.15, -0.1) is 0 Å². The van der Waals surface area contributed by atoms with Gasteiger partial charge in [-0.3, -0.25) is 0 Å². The molecule has 15 heavy (non-hydrogen) atoms. The molecule has 1 aliphatic rings. The summed E-state index contributed by atoms with van der Waals surface area (Å²) in [6.07, 6.45) is 0. The Balaban J connectivity index is 0.000000162. The minimum absolute atomic E-state index is 0.606. The maximum absolute atomic E-state index is 8.36. The highest BCUT2D eigenvalue weighted by Crippen LogP contribution is 2.03. The normalized spacial score (nSPS) is 14.6. The number of nitrogens with one attached hydrogen (secondary N) is 2. The van der Waals surface area contributed by atoms with E-state index in [4.69, 9.17) is 11.0 Å². The number of nitrogen functional groups attached to an aromatic ring is 1. The number of nitrogens with zero attached hydrogens (tertiary/aromatic N) is 1. The van der Waals surface area contributed by atoms with Crippen molar-refractivity contribution < 1.29 is 0 Å². The van der Waals surface area contributed by atoms with Gasteiger partial charge >= 0.3 is 0 Å². The second kappa shape index (κ2) is 6.82. The second-order valence-electron chi connectivity index (χ2n) is 3.24. The molecule has 0 radical (unpaired) electrons. The van der Waals surface area contributed by atoms with Crippen molar-refractivity contribution in [3.05, 3.63) is 29.8 Å².